The summed E-state index contributed by atoms with van der Waals surface area (Å²) in [6.07, 6.45) is 0.750. The largest absolute Gasteiger partial charge is 0.481 e. The summed E-state index contributed by atoms with van der Waals surface area (Å²) < 4.78 is 5.22. The summed E-state index contributed by atoms with van der Waals surface area (Å²) in [6, 6.07) is 0. The number of hydrogen-bond acceptors (Lipinski definition) is 5. The fourth-order valence-corrected chi connectivity index (χ4v) is 1.86. The van der Waals surface area contributed by atoms with Gasteiger partial charge in [-0.1, -0.05) is 0 Å². The quantitative estimate of drug-likeness (QED) is 0.568. The Morgan fingerprint density at radius 1 is 1.47 bits per heavy atom. The predicted octanol–water partition coefficient (Wildman–Crippen LogP) is -1.32. The molecule has 1 saturated heterocycles. The summed E-state index contributed by atoms with van der Waals surface area (Å²) in [5, 5.41) is 14.3. The highest BCUT2D eigenvalue weighted by atomic mass is 16.5. The summed E-state index contributed by atoms with van der Waals surface area (Å²) in [5.74, 6) is -0.550. The number of carboxylic acids is 1. The van der Waals surface area contributed by atoms with Crippen molar-refractivity contribution in [1.82, 2.24) is 15.5 Å². The normalized spacial score (nSPS) is 24.7. The molecule has 1 atom stereocenters. The van der Waals surface area contributed by atoms with Crippen LogP contribution in [0.5, 0.6) is 0 Å². The van der Waals surface area contributed by atoms with E-state index in [-0.39, 0.29) is 12.3 Å². The first-order chi connectivity index (χ1) is 8.15. The number of morpholine rings is 1. The highest BCUT2D eigenvalue weighted by Crippen LogP contribution is 2.09. The number of ether oxygens (including phenoxy) is 1. The van der Waals surface area contributed by atoms with Crippen molar-refractivity contribution in [1.29, 1.82) is 0 Å². The van der Waals surface area contributed by atoms with Crippen LogP contribution in [0.3, 0.4) is 0 Å². The SMILES string of the molecule is O=C(O)CC1NC(=O)C=C(N2CCOCC2)N1. The van der Waals surface area contributed by atoms with Crippen LogP contribution in [-0.2, 0) is 14.3 Å². The molecular weight excluding hydrogens is 226 g/mol. The minimum Gasteiger partial charge on any atom is -0.481 e. The van der Waals surface area contributed by atoms with Gasteiger partial charge in [-0.25, -0.2) is 0 Å². The van der Waals surface area contributed by atoms with Crippen LogP contribution in [0.2, 0.25) is 0 Å². The van der Waals surface area contributed by atoms with E-state index in [1.165, 1.54) is 6.08 Å². The van der Waals surface area contributed by atoms with Gasteiger partial charge in [-0.15, -0.1) is 0 Å². The van der Waals surface area contributed by atoms with Crippen molar-refractivity contribution < 1.29 is 19.4 Å². The molecule has 2 heterocycles. The van der Waals surface area contributed by atoms with Gasteiger partial charge in [0.25, 0.3) is 0 Å². The van der Waals surface area contributed by atoms with E-state index in [1.54, 1.807) is 0 Å². The maximum atomic E-state index is 11.4. The number of carbonyl (C=O) groups excluding carboxylic acids is 1. The van der Waals surface area contributed by atoms with E-state index in [2.05, 4.69) is 10.6 Å². The molecule has 2 aliphatic rings. The minimum atomic E-state index is -0.953. The number of amides is 1. The average molecular weight is 241 g/mol. The fourth-order valence-electron chi connectivity index (χ4n) is 1.86. The molecule has 1 unspecified atom stereocenters. The average Bonchev–Trinajstić information content (AvgIpc) is 2.28. The predicted molar refractivity (Wildman–Crippen MR) is 57.8 cm³/mol. The van der Waals surface area contributed by atoms with Gasteiger partial charge in [-0.3, -0.25) is 9.59 Å². The Hall–Kier alpha value is -1.76. The number of aliphatic carboxylic acids is 1. The van der Waals surface area contributed by atoms with Gasteiger partial charge in [-0.2, -0.15) is 0 Å². The first-order valence-corrected chi connectivity index (χ1v) is 5.48. The molecular formula is C10H15N3O4. The molecule has 0 aromatic rings. The number of carboxylic acid groups (broad SMARTS) is 1. The van der Waals surface area contributed by atoms with Crippen molar-refractivity contribution in [2.24, 2.45) is 0 Å². The maximum absolute atomic E-state index is 11.4. The van der Waals surface area contributed by atoms with Gasteiger partial charge in [0.05, 0.1) is 19.6 Å². The Kier molecular flexibility index (Phi) is 3.48. The van der Waals surface area contributed by atoms with Crippen molar-refractivity contribution in [3.8, 4) is 0 Å². The lowest BCUT2D eigenvalue weighted by molar-refractivity contribution is -0.138. The van der Waals surface area contributed by atoms with Gasteiger partial charge in [-0.05, 0) is 0 Å². The molecule has 3 N–H and O–H groups in total. The monoisotopic (exact) mass is 241 g/mol. The molecule has 94 valence electrons. The third-order valence-electron chi connectivity index (χ3n) is 2.64. The van der Waals surface area contributed by atoms with Gasteiger partial charge in [0.15, 0.2) is 0 Å². The van der Waals surface area contributed by atoms with Crippen LogP contribution in [0.1, 0.15) is 6.42 Å². The van der Waals surface area contributed by atoms with Crippen molar-refractivity contribution in [2.45, 2.75) is 12.6 Å². The van der Waals surface area contributed by atoms with E-state index in [4.69, 9.17) is 9.84 Å². The summed E-state index contributed by atoms with van der Waals surface area (Å²) in [7, 11) is 0. The number of rotatable bonds is 3. The van der Waals surface area contributed by atoms with Gasteiger partial charge in [0.2, 0.25) is 5.91 Å². The second-order valence-corrected chi connectivity index (χ2v) is 3.93. The molecule has 0 aliphatic carbocycles. The molecule has 0 aromatic carbocycles. The highest BCUT2D eigenvalue weighted by molar-refractivity contribution is 5.89. The number of hydrogen-bond donors (Lipinski definition) is 3. The molecule has 2 aliphatic heterocycles. The molecule has 0 bridgehead atoms. The van der Waals surface area contributed by atoms with Gasteiger partial charge < -0.3 is 25.4 Å². The lowest BCUT2D eigenvalue weighted by atomic mass is 10.2. The van der Waals surface area contributed by atoms with Gasteiger partial charge in [0, 0.05) is 19.2 Å². The zero-order valence-electron chi connectivity index (χ0n) is 9.31. The lowest BCUT2D eigenvalue weighted by Gasteiger charge is -2.35. The zero-order chi connectivity index (χ0) is 12.3. The third-order valence-corrected chi connectivity index (χ3v) is 2.64. The van der Waals surface area contributed by atoms with Crippen LogP contribution in [0.15, 0.2) is 11.9 Å². The van der Waals surface area contributed by atoms with E-state index in [0.717, 1.165) is 0 Å². The van der Waals surface area contributed by atoms with E-state index in [0.29, 0.717) is 32.1 Å². The minimum absolute atomic E-state index is 0.145. The van der Waals surface area contributed by atoms with Crippen LogP contribution in [-0.4, -0.2) is 54.4 Å². The van der Waals surface area contributed by atoms with Crippen molar-refractivity contribution in [3.05, 3.63) is 11.9 Å². The van der Waals surface area contributed by atoms with Crippen LogP contribution in [0.4, 0.5) is 0 Å². The molecule has 0 saturated carbocycles. The maximum Gasteiger partial charge on any atom is 0.307 e. The molecule has 0 spiro atoms. The van der Waals surface area contributed by atoms with E-state index >= 15 is 0 Å². The number of nitrogens with one attached hydrogen (secondary N) is 2. The van der Waals surface area contributed by atoms with E-state index in [1.807, 2.05) is 4.90 Å². The third kappa shape index (κ3) is 3.10. The van der Waals surface area contributed by atoms with Gasteiger partial charge >= 0.3 is 5.97 Å². The number of nitrogens with zero attached hydrogens (tertiary/aromatic N) is 1. The Bertz CT molecular complexity index is 349. The second-order valence-electron chi connectivity index (χ2n) is 3.93. The first-order valence-electron chi connectivity index (χ1n) is 5.48. The fraction of sp³-hybridized carbons (Fsp3) is 0.600. The summed E-state index contributed by atoms with van der Waals surface area (Å²) in [6.45, 7) is 2.63. The zero-order valence-corrected chi connectivity index (χ0v) is 9.31. The Morgan fingerprint density at radius 3 is 2.82 bits per heavy atom. The summed E-state index contributed by atoms with van der Waals surface area (Å²) in [5.41, 5.74) is 0. The highest BCUT2D eigenvalue weighted by Gasteiger charge is 2.24. The number of carbonyl (C=O) groups is 2. The lowest BCUT2D eigenvalue weighted by Crippen LogP contribution is -2.54. The van der Waals surface area contributed by atoms with Crippen LogP contribution >= 0.6 is 0 Å². The van der Waals surface area contributed by atoms with Crippen molar-refractivity contribution in [3.63, 3.8) is 0 Å². The molecule has 17 heavy (non-hydrogen) atoms. The molecule has 7 heteroatoms. The first kappa shape index (κ1) is 11.7. The molecule has 0 radical (unpaired) electrons. The molecule has 2 rings (SSSR count). The molecule has 7 nitrogen and oxygen atoms in total. The Labute approximate surface area is 98.4 Å². The van der Waals surface area contributed by atoms with Crippen molar-refractivity contribution >= 4 is 11.9 Å². The second kappa shape index (κ2) is 5.05. The van der Waals surface area contributed by atoms with Crippen LogP contribution in [0, 0.1) is 0 Å². The summed E-state index contributed by atoms with van der Waals surface area (Å²) in [4.78, 5) is 24.0. The summed E-state index contributed by atoms with van der Waals surface area (Å²) >= 11 is 0. The van der Waals surface area contributed by atoms with E-state index in [9.17, 15) is 9.59 Å². The van der Waals surface area contributed by atoms with Crippen LogP contribution < -0.4 is 10.6 Å². The molecule has 1 fully saturated rings. The van der Waals surface area contributed by atoms with Gasteiger partial charge in [0.1, 0.15) is 12.0 Å². The Morgan fingerprint density at radius 2 is 2.18 bits per heavy atom. The topological polar surface area (TPSA) is 90.9 Å². The standard InChI is InChI=1S/C10H15N3O4/c14-9-6-8(13-1-3-17-4-2-13)11-7(12-9)5-10(15)16/h6-7,11H,1-5H2,(H,12,14)(H,15,16). The van der Waals surface area contributed by atoms with Crippen LogP contribution in [0.25, 0.3) is 0 Å². The smallest absolute Gasteiger partial charge is 0.307 e. The Balaban J connectivity index is 2.01. The van der Waals surface area contributed by atoms with Crippen molar-refractivity contribution in [2.75, 3.05) is 26.3 Å². The molecule has 0 aromatic heterocycles. The molecule has 1 amide bonds. The van der Waals surface area contributed by atoms with E-state index < -0.39 is 12.1 Å².